The first-order valence-corrected chi connectivity index (χ1v) is 10.0. The SMILES string of the molecule is CC(C)CCN1C[C@]2(CCCN(C(=O)c3ccccc3C#N)C2)CCC1=O. The molecule has 0 saturated carbocycles. The van der Waals surface area contributed by atoms with E-state index in [1.165, 1.54) is 0 Å². The molecule has 1 atom stereocenters. The summed E-state index contributed by atoms with van der Waals surface area (Å²) in [5, 5.41) is 9.31. The summed E-state index contributed by atoms with van der Waals surface area (Å²) in [7, 11) is 0. The number of piperidine rings is 2. The van der Waals surface area contributed by atoms with Crippen LogP contribution in [0, 0.1) is 22.7 Å². The number of likely N-dealkylation sites (tertiary alicyclic amines) is 2. The number of benzene rings is 1. The van der Waals surface area contributed by atoms with Crippen LogP contribution in [0.3, 0.4) is 0 Å². The van der Waals surface area contributed by atoms with Crippen molar-refractivity contribution in [3.05, 3.63) is 35.4 Å². The molecule has 0 aliphatic carbocycles. The number of carbonyl (C=O) groups excluding carboxylic acids is 2. The molecule has 0 radical (unpaired) electrons. The van der Waals surface area contributed by atoms with Crippen LogP contribution in [0.25, 0.3) is 0 Å². The van der Waals surface area contributed by atoms with Crippen molar-refractivity contribution in [2.45, 2.75) is 46.0 Å². The Kier molecular flexibility index (Phi) is 5.84. The molecule has 5 heteroatoms. The maximum Gasteiger partial charge on any atom is 0.255 e. The minimum absolute atomic E-state index is 0.000383. The fraction of sp³-hybridized carbons (Fsp3) is 0.591. The topological polar surface area (TPSA) is 64.4 Å². The summed E-state index contributed by atoms with van der Waals surface area (Å²) in [5.74, 6) is 0.763. The first kappa shape index (κ1) is 19.4. The van der Waals surface area contributed by atoms with E-state index < -0.39 is 0 Å². The van der Waals surface area contributed by atoms with Gasteiger partial charge in [-0.2, -0.15) is 5.26 Å². The molecule has 144 valence electrons. The first-order chi connectivity index (χ1) is 12.9. The average Bonchev–Trinajstić information content (AvgIpc) is 2.68. The Bertz CT molecular complexity index is 752. The number of nitriles is 1. The van der Waals surface area contributed by atoms with Crippen molar-refractivity contribution in [3.63, 3.8) is 0 Å². The van der Waals surface area contributed by atoms with E-state index in [0.717, 1.165) is 45.3 Å². The third-order valence-corrected chi connectivity index (χ3v) is 5.95. The smallest absolute Gasteiger partial charge is 0.255 e. The standard InChI is InChI=1S/C22H29N3O2/c1-17(2)9-13-24-15-22(11-8-20(24)26)10-5-12-25(16-22)21(27)19-7-4-3-6-18(19)14-23/h3-4,6-7,17H,5,8-13,15-16H2,1-2H3/t22-/m0/s1. The van der Waals surface area contributed by atoms with Gasteiger partial charge in [0.1, 0.15) is 0 Å². The summed E-state index contributed by atoms with van der Waals surface area (Å²) < 4.78 is 0. The van der Waals surface area contributed by atoms with Crippen molar-refractivity contribution in [2.24, 2.45) is 11.3 Å². The second-order valence-electron chi connectivity index (χ2n) is 8.49. The van der Waals surface area contributed by atoms with Crippen LogP contribution in [0.5, 0.6) is 0 Å². The lowest BCUT2D eigenvalue weighted by molar-refractivity contribution is -0.139. The molecular formula is C22H29N3O2. The van der Waals surface area contributed by atoms with Gasteiger partial charge in [-0.3, -0.25) is 9.59 Å². The summed E-state index contributed by atoms with van der Waals surface area (Å²) >= 11 is 0. The molecule has 3 rings (SSSR count). The summed E-state index contributed by atoms with van der Waals surface area (Å²) in [6, 6.07) is 9.15. The quantitative estimate of drug-likeness (QED) is 0.819. The maximum atomic E-state index is 13.1. The van der Waals surface area contributed by atoms with Crippen molar-refractivity contribution in [1.82, 2.24) is 9.80 Å². The third-order valence-electron chi connectivity index (χ3n) is 5.95. The second-order valence-corrected chi connectivity index (χ2v) is 8.49. The van der Waals surface area contributed by atoms with Gasteiger partial charge in [-0.25, -0.2) is 0 Å². The van der Waals surface area contributed by atoms with E-state index in [9.17, 15) is 14.9 Å². The summed E-state index contributed by atoms with van der Waals surface area (Å²) in [5.41, 5.74) is 0.917. The molecule has 2 amide bonds. The molecular weight excluding hydrogens is 338 g/mol. The van der Waals surface area contributed by atoms with Crippen molar-refractivity contribution < 1.29 is 9.59 Å². The highest BCUT2D eigenvalue weighted by Crippen LogP contribution is 2.39. The zero-order valence-corrected chi connectivity index (χ0v) is 16.4. The van der Waals surface area contributed by atoms with Crippen LogP contribution in [0.1, 0.15) is 61.9 Å². The fourth-order valence-corrected chi connectivity index (χ4v) is 4.37. The van der Waals surface area contributed by atoms with E-state index >= 15 is 0 Å². The van der Waals surface area contributed by atoms with Crippen molar-refractivity contribution in [3.8, 4) is 6.07 Å². The van der Waals surface area contributed by atoms with E-state index in [2.05, 4.69) is 19.9 Å². The van der Waals surface area contributed by atoms with Crippen LogP contribution < -0.4 is 0 Å². The predicted octanol–water partition coefficient (Wildman–Crippen LogP) is 3.45. The minimum atomic E-state index is -0.0585. The third kappa shape index (κ3) is 4.32. The summed E-state index contributed by atoms with van der Waals surface area (Å²) in [6.45, 7) is 7.32. The number of amides is 2. The molecule has 0 unspecified atom stereocenters. The summed E-state index contributed by atoms with van der Waals surface area (Å²) in [6.07, 6.45) is 4.46. The van der Waals surface area contributed by atoms with Crippen LogP contribution in [-0.4, -0.2) is 47.8 Å². The second kappa shape index (κ2) is 8.12. The molecule has 0 aromatic heterocycles. The molecule has 2 fully saturated rings. The van der Waals surface area contributed by atoms with E-state index in [-0.39, 0.29) is 17.2 Å². The number of rotatable bonds is 4. The van der Waals surface area contributed by atoms with Crippen molar-refractivity contribution in [1.29, 1.82) is 5.26 Å². The van der Waals surface area contributed by atoms with Gasteiger partial charge in [0.15, 0.2) is 0 Å². The highest BCUT2D eigenvalue weighted by Gasteiger charge is 2.42. The molecule has 1 aromatic rings. The fourth-order valence-electron chi connectivity index (χ4n) is 4.37. The van der Waals surface area contributed by atoms with Gasteiger partial charge in [-0.15, -0.1) is 0 Å². The Morgan fingerprint density at radius 1 is 1.26 bits per heavy atom. The van der Waals surface area contributed by atoms with E-state index in [0.29, 0.717) is 30.0 Å². The maximum absolute atomic E-state index is 13.1. The van der Waals surface area contributed by atoms with E-state index in [4.69, 9.17) is 0 Å². The monoisotopic (exact) mass is 367 g/mol. The molecule has 1 aromatic carbocycles. The van der Waals surface area contributed by atoms with Crippen molar-refractivity contribution >= 4 is 11.8 Å². The molecule has 0 bridgehead atoms. The van der Waals surface area contributed by atoms with Gasteiger partial charge in [-0.05, 0) is 43.7 Å². The number of nitrogens with zero attached hydrogens (tertiary/aromatic N) is 3. The lowest BCUT2D eigenvalue weighted by Crippen LogP contribution is -2.55. The normalized spacial score (nSPS) is 23.0. The largest absolute Gasteiger partial charge is 0.342 e. The Balaban J connectivity index is 1.74. The van der Waals surface area contributed by atoms with Crippen LogP contribution >= 0.6 is 0 Å². The zero-order chi connectivity index (χ0) is 19.4. The van der Waals surface area contributed by atoms with Crippen LogP contribution in [0.2, 0.25) is 0 Å². The lowest BCUT2D eigenvalue weighted by atomic mass is 9.73. The average molecular weight is 367 g/mol. The van der Waals surface area contributed by atoms with Gasteiger partial charge >= 0.3 is 0 Å². The minimum Gasteiger partial charge on any atom is -0.342 e. The van der Waals surface area contributed by atoms with Gasteiger partial charge in [0.05, 0.1) is 17.2 Å². The predicted molar refractivity (Wildman–Crippen MR) is 104 cm³/mol. The Morgan fingerprint density at radius 3 is 2.78 bits per heavy atom. The van der Waals surface area contributed by atoms with E-state index in [1.807, 2.05) is 9.80 Å². The number of hydrogen-bond acceptors (Lipinski definition) is 3. The van der Waals surface area contributed by atoms with Crippen LogP contribution in [0.4, 0.5) is 0 Å². The molecule has 1 spiro atoms. The molecule has 2 heterocycles. The molecule has 5 nitrogen and oxygen atoms in total. The molecule has 2 saturated heterocycles. The molecule has 2 aliphatic rings. The van der Waals surface area contributed by atoms with E-state index in [1.54, 1.807) is 24.3 Å². The Hall–Kier alpha value is -2.35. The van der Waals surface area contributed by atoms with Gasteiger partial charge in [0, 0.05) is 38.0 Å². The van der Waals surface area contributed by atoms with Gasteiger partial charge in [0.25, 0.3) is 5.91 Å². The zero-order valence-electron chi connectivity index (χ0n) is 16.4. The molecule has 0 N–H and O–H groups in total. The lowest BCUT2D eigenvalue weighted by Gasteiger charge is -2.48. The Labute approximate surface area is 161 Å². The number of carbonyl (C=O) groups is 2. The summed E-state index contributed by atoms with van der Waals surface area (Å²) in [4.78, 5) is 29.3. The molecule has 2 aliphatic heterocycles. The first-order valence-electron chi connectivity index (χ1n) is 10.0. The van der Waals surface area contributed by atoms with Gasteiger partial charge < -0.3 is 9.80 Å². The highest BCUT2D eigenvalue weighted by molar-refractivity contribution is 5.96. The Morgan fingerprint density at radius 2 is 2.04 bits per heavy atom. The highest BCUT2D eigenvalue weighted by atomic mass is 16.2. The van der Waals surface area contributed by atoms with Crippen LogP contribution in [0.15, 0.2) is 24.3 Å². The molecule has 27 heavy (non-hydrogen) atoms. The van der Waals surface area contributed by atoms with Crippen LogP contribution in [-0.2, 0) is 4.79 Å². The number of hydrogen-bond donors (Lipinski definition) is 0. The van der Waals surface area contributed by atoms with Crippen molar-refractivity contribution in [2.75, 3.05) is 26.2 Å². The van der Waals surface area contributed by atoms with Gasteiger partial charge in [0.2, 0.25) is 5.91 Å². The van der Waals surface area contributed by atoms with Gasteiger partial charge in [-0.1, -0.05) is 26.0 Å².